The number of nitrogens with zero attached hydrogens (tertiary/aromatic N) is 1. The van der Waals surface area contributed by atoms with Gasteiger partial charge >= 0.3 is 0 Å². The van der Waals surface area contributed by atoms with Crippen LogP contribution in [-0.4, -0.2) is 23.3 Å². The third-order valence-electron chi connectivity index (χ3n) is 4.48. The summed E-state index contributed by atoms with van der Waals surface area (Å²) in [6.07, 6.45) is 7.70. The van der Waals surface area contributed by atoms with E-state index in [-0.39, 0.29) is 11.7 Å². The van der Waals surface area contributed by atoms with E-state index in [1.165, 1.54) is 32.1 Å². The van der Waals surface area contributed by atoms with Crippen LogP contribution in [0.1, 0.15) is 49.9 Å². The number of hydrogen-bond donors (Lipinski definition) is 0. The molecule has 0 aromatic carbocycles. The quantitative estimate of drug-likeness (QED) is 0.772. The number of aryl methyl sites for hydroxylation is 1. The van der Waals surface area contributed by atoms with Gasteiger partial charge in [0.1, 0.15) is 12.4 Å². The predicted octanol–water partition coefficient (Wildman–Crippen LogP) is 4.16. The molecule has 2 fully saturated rings. The molecule has 3 nitrogen and oxygen atoms in total. The first-order valence-corrected chi connectivity index (χ1v) is 8.66. The lowest BCUT2D eigenvalue weighted by Crippen LogP contribution is -2.27. The van der Waals surface area contributed by atoms with Crippen LogP contribution >= 0.6 is 15.9 Å². The van der Waals surface area contributed by atoms with Gasteiger partial charge in [-0.3, -0.25) is 4.98 Å². The van der Waals surface area contributed by atoms with E-state index in [1.54, 1.807) is 0 Å². The van der Waals surface area contributed by atoms with Gasteiger partial charge in [-0.05, 0) is 44.7 Å². The number of hydrogen-bond acceptors (Lipinski definition) is 3. The van der Waals surface area contributed by atoms with E-state index in [0.717, 1.165) is 28.9 Å². The molecule has 1 spiro atoms. The molecular weight excluding hydrogens is 318 g/mol. The molecule has 2 heterocycles. The van der Waals surface area contributed by atoms with Gasteiger partial charge in [-0.25, -0.2) is 0 Å². The standard InChI is InChI=1S/C16H22BrNO2/c1-12-4-5-15(14(10-17)18-12)19-11-13-6-9-16(20-13)7-2-3-8-16/h4-5,13H,2-3,6-11H2,1H3. The zero-order valence-electron chi connectivity index (χ0n) is 12.0. The van der Waals surface area contributed by atoms with Gasteiger partial charge in [0.25, 0.3) is 0 Å². The summed E-state index contributed by atoms with van der Waals surface area (Å²) < 4.78 is 12.2. The smallest absolute Gasteiger partial charge is 0.141 e. The van der Waals surface area contributed by atoms with Crippen LogP contribution in [0.3, 0.4) is 0 Å². The largest absolute Gasteiger partial charge is 0.489 e. The van der Waals surface area contributed by atoms with E-state index < -0.39 is 0 Å². The van der Waals surface area contributed by atoms with Crippen molar-refractivity contribution in [3.8, 4) is 5.75 Å². The van der Waals surface area contributed by atoms with Crippen molar-refractivity contribution in [3.05, 3.63) is 23.5 Å². The van der Waals surface area contributed by atoms with Crippen molar-refractivity contribution in [1.29, 1.82) is 0 Å². The van der Waals surface area contributed by atoms with Crippen molar-refractivity contribution >= 4 is 15.9 Å². The van der Waals surface area contributed by atoms with Gasteiger partial charge in [0.05, 0.1) is 17.4 Å². The van der Waals surface area contributed by atoms with Crippen LogP contribution in [0.4, 0.5) is 0 Å². The van der Waals surface area contributed by atoms with E-state index in [4.69, 9.17) is 9.47 Å². The molecule has 1 saturated heterocycles. The van der Waals surface area contributed by atoms with Gasteiger partial charge in [-0.2, -0.15) is 0 Å². The zero-order chi connectivity index (χ0) is 14.0. The van der Waals surface area contributed by atoms with Gasteiger partial charge in [0, 0.05) is 11.0 Å². The summed E-state index contributed by atoms with van der Waals surface area (Å²) in [5.74, 6) is 0.878. The van der Waals surface area contributed by atoms with E-state index in [0.29, 0.717) is 6.61 Å². The molecule has 1 aromatic heterocycles. The number of rotatable bonds is 4. The first kappa shape index (κ1) is 14.3. The fourth-order valence-electron chi connectivity index (χ4n) is 3.41. The molecule has 4 heteroatoms. The molecular formula is C16H22BrNO2. The summed E-state index contributed by atoms with van der Waals surface area (Å²) in [7, 11) is 0. The maximum atomic E-state index is 6.27. The average Bonchev–Trinajstić information content (AvgIpc) is 3.08. The highest BCUT2D eigenvalue weighted by Crippen LogP contribution is 2.43. The second-order valence-corrected chi connectivity index (χ2v) is 6.57. The van der Waals surface area contributed by atoms with Crippen molar-refractivity contribution in [3.63, 3.8) is 0 Å². The fourth-order valence-corrected chi connectivity index (χ4v) is 3.81. The van der Waals surface area contributed by atoms with Gasteiger partial charge in [-0.15, -0.1) is 0 Å². The maximum absolute atomic E-state index is 6.27. The first-order chi connectivity index (χ1) is 9.71. The minimum absolute atomic E-state index is 0.192. The average molecular weight is 340 g/mol. The summed E-state index contributed by atoms with van der Waals surface area (Å²) in [5.41, 5.74) is 2.19. The Hall–Kier alpha value is -0.610. The Labute approximate surface area is 129 Å². The van der Waals surface area contributed by atoms with Crippen molar-refractivity contribution in [1.82, 2.24) is 4.98 Å². The first-order valence-electron chi connectivity index (χ1n) is 7.54. The van der Waals surface area contributed by atoms with Gasteiger partial charge in [0.15, 0.2) is 0 Å². The SMILES string of the molecule is Cc1ccc(OCC2CCC3(CCCC3)O2)c(CBr)n1. The molecule has 1 aliphatic heterocycles. The third-order valence-corrected chi connectivity index (χ3v) is 5.01. The van der Waals surface area contributed by atoms with Crippen molar-refractivity contribution in [2.24, 2.45) is 0 Å². The Balaban J connectivity index is 1.57. The Morgan fingerprint density at radius 3 is 2.90 bits per heavy atom. The molecule has 0 radical (unpaired) electrons. The molecule has 20 heavy (non-hydrogen) atoms. The van der Waals surface area contributed by atoms with E-state index in [9.17, 15) is 0 Å². The highest BCUT2D eigenvalue weighted by atomic mass is 79.9. The Bertz CT molecular complexity index is 472. The van der Waals surface area contributed by atoms with Crippen LogP contribution in [0.25, 0.3) is 0 Å². The molecule has 1 unspecified atom stereocenters. The summed E-state index contributed by atoms with van der Waals surface area (Å²) in [4.78, 5) is 4.50. The third kappa shape index (κ3) is 3.01. The zero-order valence-corrected chi connectivity index (χ0v) is 13.6. The summed E-state index contributed by atoms with van der Waals surface area (Å²) in [6.45, 7) is 2.65. The molecule has 3 rings (SSSR count). The van der Waals surface area contributed by atoms with Crippen molar-refractivity contribution in [2.45, 2.75) is 62.5 Å². The van der Waals surface area contributed by atoms with Crippen LogP contribution in [0.5, 0.6) is 5.75 Å². The highest BCUT2D eigenvalue weighted by Gasteiger charge is 2.42. The summed E-state index contributed by atoms with van der Waals surface area (Å²) in [5, 5.41) is 0.722. The molecule has 1 saturated carbocycles. The Morgan fingerprint density at radius 2 is 2.15 bits per heavy atom. The lowest BCUT2D eigenvalue weighted by Gasteiger charge is -2.24. The highest BCUT2D eigenvalue weighted by molar-refractivity contribution is 9.08. The second-order valence-electron chi connectivity index (χ2n) is 6.01. The van der Waals surface area contributed by atoms with Gasteiger partial charge in [0.2, 0.25) is 0 Å². The van der Waals surface area contributed by atoms with Gasteiger partial charge < -0.3 is 9.47 Å². The topological polar surface area (TPSA) is 31.4 Å². The lowest BCUT2D eigenvalue weighted by molar-refractivity contribution is -0.0509. The fraction of sp³-hybridized carbons (Fsp3) is 0.688. The normalized spacial score (nSPS) is 24.4. The maximum Gasteiger partial charge on any atom is 0.141 e. The number of aromatic nitrogens is 1. The molecule has 0 N–H and O–H groups in total. The molecule has 0 bridgehead atoms. The van der Waals surface area contributed by atoms with Crippen LogP contribution in [-0.2, 0) is 10.1 Å². The Morgan fingerprint density at radius 1 is 1.35 bits per heavy atom. The Kier molecular flexibility index (Phi) is 4.32. The van der Waals surface area contributed by atoms with E-state index in [2.05, 4.69) is 20.9 Å². The molecule has 110 valence electrons. The predicted molar refractivity (Wildman–Crippen MR) is 82.4 cm³/mol. The molecule has 1 aliphatic carbocycles. The minimum atomic E-state index is 0.192. The molecule has 0 amide bonds. The van der Waals surface area contributed by atoms with Crippen molar-refractivity contribution < 1.29 is 9.47 Å². The minimum Gasteiger partial charge on any atom is -0.489 e. The second kappa shape index (κ2) is 6.02. The molecule has 1 atom stereocenters. The van der Waals surface area contributed by atoms with Crippen LogP contribution in [0.2, 0.25) is 0 Å². The van der Waals surface area contributed by atoms with Gasteiger partial charge in [-0.1, -0.05) is 28.8 Å². The number of halogens is 1. The molecule has 1 aromatic rings. The summed E-state index contributed by atoms with van der Waals surface area (Å²) >= 11 is 3.47. The number of alkyl halides is 1. The number of ether oxygens (including phenoxy) is 2. The van der Waals surface area contributed by atoms with Crippen molar-refractivity contribution in [2.75, 3.05) is 6.61 Å². The van der Waals surface area contributed by atoms with Crippen LogP contribution in [0, 0.1) is 6.92 Å². The lowest BCUT2D eigenvalue weighted by atomic mass is 9.98. The summed E-state index contributed by atoms with van der Waals surface area (Å²) in [6, 6.07) is 4.01. The van der Waals surface area contributed by atoms with E-state index >= 15 is 0 Å². The van der Waals surface area contributed by atoms with E-state index in [1.807, 2.05) is 19.1 Å². The van der Waals surface area contributed by atoms with Crippen LogP contribution in [0.15, 0.2) is 12.1 Å². The van der Waals surface area contributed by atoms with Crippen LogP contribution < -0.4 is 4.74 Å². The molecule has 2 aliphatic rings. The monoisotopic (exact) mass is 339 g/mol. The number of pyridine rings is 1.